The SMILES string of the molecule is NNc1nc(N2CCS(=O)CC2)c(Cl)cc1Cl. The minimum atomic E-state index is -0.732. The molecule has 1 aliphatic heterocycles. The van der Waals surface area contributed by atoms with Crippen LogP contribution in [0, 0.1) is 0 Å². The summed E-state index contributed by atoms with van der Waals surface area (Å²) in [6.45, 7) is 1.34. The van der Waals surface area contributed by atoms with Crippen molar-refractivity contribution >= 4 is 45.6 Å². The average molecular weight is 295 g/mol. The maximum Gasteiger partial charge on any atom is 0.161 e. The summed E-state index contributed by atoms with van der Waals surface area (Å²) in [6, 6.07) is 1.60. The molecule has 1 aromatic rings. The largest absolute Gasteiger partial charge is 0.353 e. The zero-order valence-electron chi connectivity index (χ0n) is 8.95. The summed E-state index contributed by atoms with van der Waals surface area (Å²) in [7, 11) is -0.732. The number of aromatic nitrogens is 1. The van der Waals surface area contributed by atoms with Crippen molar-refractivity contribution in [3.8, 4) is 0 Å². The number of pyridine rings is 1. The van der Waals surface area contributed by atoms with Gasteiger partial charge >= 0.3 is 0 Å². The summed E-state index contributed by atoms with van der Waals surface area (Å²) in [5, 5.41) is 0.850. The number of hydrogen-bond acceptors (Lipinski definition) is 5. The standard InChI is InChI=1S/C9H12Cl2N4OS/c10-6-5-7(11)9(13-8(6)14-12)15-1-3-17(16)4-2-15/h5H,1-4,12H2,(H,13,14). The fourth-order valence-electron chi connectivity index (χ4n) is 1.63. The Hall–Kier alpha value is -0.560. The zero-order valence-corrected chi connectivity index (χ0v) is 11.3. The van der Waals surface area contributed by atoms with Crippen LogP contribution < -0.4 is 16.2 Å². The summed E-state index contributed by atoms with van der Waals surface area (Å²) in [4.78, 5) is 6.25. The van der Waals surface area contributed by atoms with E-state index in [1.54, 1.807) is 6.07 Å². The van der Waals surface area contributed by atoms with Crippen LogP contribution in [0.15, 0.2) is 6.07 Å². The Labute approximate surface area is 112 Å². The second kappa shape index (κ2) is 5.39. The number of hydrazine groups is 1. The highest BCUT2D eigenvalue weighted by atomic mass is 35.5. The number of halogens is 2. The number of nitrogens with two attached hydrogens (primary N) is 1. The third-order valence-corrected chi connectivity index (χ3v) is 4.37. The van der Waals surface area contributed by atoms with Gasteiger partial charge in [0.05, 0.1) is 10.0 Å². The van der Waals surface area contributed by atoms with Crippen molar-refractivity contribution in [1.82, 2.24) is 4.98 Å². The molecule has 0 unspecified atom stereocenters. The number of hydrogen-bond donors (Lipinski definition) is 2. The molecule has 0 amide bonds. The van der Waals surface area contributed by atoms with Crippen LogP contribution in [0.25, 0.3) is 0 Å². The normalized spacial score (nSPS) is 17.2. The highest BCUT2D eigenvalue weighted by molar-refractivity contribution is 7.85. The Kier molecular flexibility index (Phi) is 4.09. The smallest absolute Gasteiger partial charge is 0.161 e. The molecule has 5 nitrogen and oxygen atoms in total. The van der Waals surface area contributed by atoms with Crippen molar-refractivity contribution in [3.05, 3.63) is 16.1 Å². The lowest BCUT2D eigenvalue weighted by Gasteiger charge is -2.28. The molecule has 0 radical (unpaired) electrons. The molecule has 0 bridgehead atoms. The lowest BCUT2D eigenvalue weighted by molar-refractivity contribution is 0.672. The Morgan fingerprint density at radius 2 is 2.00 bits per heavy atom. The van der Waals surface area contributed by atoms with E-state index in [2.05, 4.69) is 10.4 Å². The van der Waals surface area contributed by atoms with Crippen LogP contribution >= 0.6 is 23.2 Å². The van der Waals surface area contributed by atoms with Gasteiger partial charge in [-0.05, 0) is 6.07 Å². The molecule has 3 N–H and O–H groups in total. The van der Waals surface area contributed by atoms with Gasteiger partial charge in [-0.3, -0.25) is 4.21 Å². The topological polar surface area (TPSA) is 71.2 Å². The molecule has 1 saturated heterocycles. The lowest BCUT2D eigenvalue weighted by Crippen LogP contribution is -2.38. The van der Waals surface area contributed by atoms with Crippen LogP contribution in [0.4, 0.5) is 11.6 Å². The van der Waals surface area contributed by atoms with E-state index in [0.717, 1.165) is 0 Å². The van der Waals surface area contributed by atoms with Crippen molar-refractivity contribution in [2.45, 2.75) is 0 Å². The van der Waals surface area contributed by atoms with E-state index in [-0.39, 0.29) is 0 Å². The molecule has 8 heteroatoms. The molecular formula is C9H12Cl2N4OS. The Morgan fingerprint density at radius 1 is 1.35 bits per heavy atom. The number of nitrogens with zero attached hydrogens (tertiary/aromatic N) is 2. The first-order valence-corrected chi connectivity index (χ1v) is 7.29. The van der Waals surface area contributed by atoms with E-state index in [9.17, 15) is 4.21 Å². The number of nitrogen functional groups attached to an aromatic ring is 1. The molecule has 0 spiro atoms. The minimum Gasteiger partial charge on any atom is -0.353 e. The third kappa shape index (κ3) is 2.82. The van der Waals surface area contributed by atoms with Gasteiger partial charge in [0, 0.05) is 35.4 Å². The Bertz CT molecular complexity index is 447. The van der Waals surface area contributed by atoms with Gasteiger partial charge < -0.3 is 10.3 Å². The second-order valence-electron chi connectivity index (χ2n) is 3.60. The molecular weight excluding hydrogens is 283 g/mol. The van der Waals surface area contributed by atoms with Gasteiger partial charge in [0.1, 0.15) is 5.82 Å². The number of anilines is 2. The van der Waals surface area contributed by atoms with Crippen molar-refractivity contribution in [3.63, 3.8) is 0 Å². The van der Waals surface area contributed by atoms with Crippen LogP contribution in [0.5, 0.6) is 0 Å². The molecule has 1 fully saturated rings. The van der Waals surface area contributed by atoms with Gasteiger partial charge in [-0.15, -0.1) is 0 Å². The predicted molar refractivity (Wildman–Crippen MR) is 72.2 cm³/mol. The summed E-state index contributed by atoms with van der Waals surface area (Å²) in [6.07, 6.45) is 0. The lowest BCUT2D eigenvalue weighted by atomic mass is 10.4. The third-order valence-electron chi connectivity index (χ3n) is 2.52. The van der Waals surface area contributed by atoms with Crippen LogP contribution in [-0.2, 0) is 10.8 Å². The van der Waals surface area contributed by atoms with Gasteiger partial charge in [-0.1, -0.05) is 23.2 Å². The van der Waals surface area contributed by atoms with E-state index < -0.39 is 10.8 Å². The molecule has 0 aliphatic carbocycles. The molecule has 0 saturated carbocycles. The van der Waals surface area contributed by atoms with E-state index in [1.807, 2.05) is 4.90 Å². The first-order chi connectivity index (χ1) is 8.11. The molecule has 94 valence electrons. The summed E-state index contributed by atoms with van der Waals surface area (Å²) < 4.78 is 11.3. The maximum absolute atomic E-state index is 11.3. The van der Waals surface area contributed by atoms with Gasteiger partial charge in [-0.2, -0.15) is 0 Å². The Morgan fingerprint density at radius 3 is 2.59 bits per heavy atom. The summed E-state index contributed by atoms with van der Waals surface area (Å²) in [5.74, 6) is 7.59. The maximum atomic E-state index is 11.3. The Balaban J connectivity index is 2.28. The minimum absolute atomic E-state index is 0.377. The summed E-state index contributed by atoms with van der Waals surface area (Å²) in [5.41, 5.74) is 2.42. The van der Waals surface area contributed by atoms with Crippen molar-refractivity contribution in [2.75, 3.05) is 34.9 Å². The molecule has 1 aromatic heterocycles. The second-order valence-corrected chi connectivity index (χ2v) is 6.11. The molecule has 1 aliphatic rings. The van der Waals surface area contributed by atoms with E-state index in [0.29, 0.717) is 46.3 Å². The monoisotopic (exact) mass is 294 g/mol. The first kappa shape index (κ1) is 12.9. The molecule has 0 atom stereocenters. The van der Waals surface area contributed by atoms with Gasteiger partial charge in [0.15, 0.2) is 5.82 Å². The summed E-state index contributed by atoms with van der Waals surface area (Å²) >= 11 is 12.0. The first-order valence-electron chi connectivity index (χ1n) is 5.04. The highest BCUT2D eigenvalue weighted by Gasteiger charge is 2.20. The zero-order chi connectivity index (χ0) is 12.4. The van der Waals surface area contributed by atoms with Crippen molar-refractivity contribution in [2.24, 2.45) is 5.84 Å². The van der Waals surface area contributed by atoms with Gasteiger partial charge in [0.25, 0.3) is 0 Å². The number of nitrogens with one attached hydrogen (secondary N) is 1. The van der Waals surface area contributed by atoms with Crippen molar-refractivity contribution in [1.29, 1.82) is 0 Å². The van der Waals surface area contributed by atoms with Crippen LogP contribution in [-0.4, -0.2) is 33.8 Å². The molecule has 2 rings (SSSR count). The van der Waals surface area contributed by atoms with E-state index in [1.165, 1.54) is 0 Å². The van der Waals surface area contributed by atoms with Gasteiger partial charge in [0.2, 0.25) is 0 Å². The van der Waals surface area contributed by atoms with E-state index in [4.69, 9.17) is 29.0 Å². The fourth-order valence-corrected chi connectivity index (χ4v) is 3.21. The van der Waals surface area contributed by atoms with Crippen LogP contribution in [0.3, 0.4) is 0 Å². The molecule has 17 heavy (non-hydrogen) atoms. The average Bonchev–Trinajstić information content (AvgIpc) is 2.31. The molecule has 2 heterocycles. The fraction of sp³-hybridized carbons (Fsp3) is 0.444. The molecule has 0 aromatic carbocycles. The van der Waals surface area contributed by atoms with Gasteiger partial charge in [-0.25, -0.2) is 10.8 Å². The quantitative estimate of drug-likeness (QED) is 0.634. The van der Waals surface area contributed by atoms with Crippen LogP contribution in [0.2, 0.25) is 10.0 Å². The van der Waals surface area contributed by atoms with E-state index >= 15 is 0 Å². The highest BCUT2D eigenvalue weighted by Crippen LogP contribution is 2.31. The van der Waals surface area contributed by atoms with Crippen LogP contribution in [0.1, 0.15) is 0 Å². The number of rotatable bonds is 2. The van der Waals surface area contributed by atoms with Crippen molar-refractivity contribution < 1.29 is 4.21 Å². The predicted octanol–water partition coefficient (Wildman–Crippen LogP) is 1.24.